The summed E-state index contributed by atoms with van der Waals surface area (Å²) in [5, 5.41) is 18.6. The minimum Gasteiger partial charge on any atom is -0.508 e. The molecule has 0 aliphatic heterocycles. The van der Waals surface area contributed by atoms with Gasteiger partial charge in [-0.1, -0.05) is 18.2 Å². The molecular weight excluding hydrogens is 158 g/mol. The van der Waals surface area contributed by atoms with Gasteiger partial charge in [-0.05, 0) is 6.07 Å². The van der Waals surface area contributed by atoms with Crippen LogP contribution in [0.3, 0.4) is 0 Å². The molecule has 66 valence electrons. The smallest absolute Gasteiger partial charge is 0.121 e. The maximum atomic E-state index is 9.34. The first-order valence-electron chi connectivity index (χ1n) is 3.53. The predicted octanol–water partition coefficient (Wildman–Crippen LogP) is 0.316. The third-order valence-corrected chi connectivity index (χ3v) is 1.55. The van der Waals surface area contributed by atoms with Crippen molar-refractivity contribution < 1.29 is 15.1 Å². The standard InChI is InChI=1S/C8H11NO3/c9-12-5-8(11)6-3-1-2-4-7(6)10/h1-4,8,10-11H,5,9H2. The Morgan fingerprint density at radius 3 is 2.67 bits per heavy atom. The predicted molar refractivity (Wildman–Crippen MR) is 43.2 cm³/mol. The molecule has 0 saturated carbocycles. The van der Waals surface area contributed by atoms with Crippen molar-refractivity contribution in [3.8, 4) is 5.75 Å². The minimum absolute atomic E-state index is 0.0302. The fourth-order valence-corrected chi connectivity index (χ4v) is 0.950. The molecule has 1 unspecified atom stereocenters. The van der Waals surface area contributed by atoms with Crippen LogP contribution in [-0.2, 0) is 4.84 Å². The van der Waals surface area contributed by atoms with Crippen molar-refractivity contribution in [2.75, 3.05) is 6.61 Å². The molecule has 4 N–H and O–H groups in total. The molecule has 4 heteroatoms. The van der Waals surface area contributed by atoms with Crippen LogP contribution in [0.5, 0.6) is 5.75 Å². The molecule has 0 heterocycles. The number of hydrogen-bond acceptors (Lipinski definition) is 4. The van der Waals surface area contributed by atoms with E-state index in [1.54, 1.807) is 18.2 Å². The van der Waals surface area contributed by atoms with Crippen molar-refractivity contribution in [3.63, 3.8) is 0 Å². The normalized spacial score (nSPS) is 12.8. The zero-order chi connectivity index (χ0) is 8.97. The van der Waals surface area contributed by atoms with E-state index in [9.17, 15) is 10.2 Å². The van der Waals surface area contributed by atoms with Gasteiger partial charge in [-0.15, -0.1) is 0 Å². The van der Waals surface area contributed by atoms with Crippen molar-refractivity contribution in [2.45, 2.75) is 6.10 Å². The van der Waals surface area contributed by atoms with Crippen LogP contribution in [0.15, 0.2) is 24.3 Å². The molecule has 0 aliphatic carbocycles. The largest absolute Gasteiger partial charge is 0.508 e. The monoisotopic (exact) mass is 169 g/mol. The van der Waals surface area contributed by atoms with Crippen LogP contribution in [0, 0.1) is 0 Å². The lowest BCUT2D eigenvalue weighted by atomic mass is 10.1. The molecule has 4 nitrogen and oxygen atoms in total. The Labute approximate surface area is 70.2 Å². The number of hydrogen-bond donors (Lipinski definition) is 3. The Bertz CT molecular complexity index is 252. The molecule has 1 rings (SSSR count). The van der Waals surface area contributed by atoms with Crippen LogP contribution >= 0.6 is 0 Å². The molecule has 0 fully saturated rings. The number of aromatic hydroxyl groups is 1. The van der Waals surface area contributed by atoms with Crippen molar-refractivity contribution in [2.24, 2.45) is 5.90 Å². The van der Waals surface area contributed by atoms with E-state index in [2.05, 4.69) is 4.84 Å². The van der Waals surface area contributed by atoms with E-state index < -0.39 is 6.10 Å². The summed E-state index contributed by atoms with van der Waals surface area (Å²) >= 11 is 0. The SMILES string of the molecule is NOCC(O)c1ccccc1O. The first-order valence-corrected chi connectivity index (χ1v) is 3.53. The maximum Gasteiger partial charge on any atom is 0.121 e. The average Bonchev–Trinajstić information content (AvgIpc) is 2.05. The van der Waals surface area contributed by atoms with Crippen molar-refractivity contribution in [1.82, 2.24) is 0 Å². The summed E-state index contributed by atoms with van der Waals surface area (Å²) in [6, 6.07) is 6.50. The van der Waals surface area contributed by atoms with Gasteiger partial charge in [0.25, 0.3) is 0 Å². The minimum atomic E-state index is -0.879. The summed E-state index contributed by atoms with van der Waals surface area (Å²) in [5.74, 6) is 4.82. The summed E-state index contributed by atoms with van der Waals surface area (Å²) in [7, 11) is 0. The molecule has 0 aliphatic rings. The Balaban J connectivity index is 2.79. The van der Waals surface area contributed by atoms with E-state index in [0.29, 0.717) is 5.56 Å². The second-order valence-corrected chi connectivity index (χ2v) is 2.41. The highest BCUT2D eigenvalue weighted by Crippen LogP contribution is 2.22. The third kappa shape index (κ3) is 1.94. The highest BCUT2D eigenvalue weighted by Gasteiger charge is 2.10. The summed E-state index contributed by atoms with van der Waals surface area (Å²) in [4.78, 5) is 4.25. The van der Waals surface area contributed by atoms with Gasteiger partial charge in [0.1, 0.15) is 11.9 Å². The number of para-hydroxylation sites is 1. The van der Waals surface area contributed by atoms with Gasteiger partial charge in [0.15, 0.2) is 0 Å². The number of aliphatic hydroxyl groups excluding tert-OH is 1. The van der Waals surface area contributed by atoms with Crippen molar-refractivity contribution >= 4 is 0 Å². The highest BCUT2D eigenvalue weighted by atomic mass is 16.6. The number of nitrogens with two attached hydrogens (primary N) is 1. The van der Waals surface area contributed by atoms with Crippen LogP contribution in [-0.4, -0.2) is 16.8 Å². The fraction of sp³-hybridized carbons (Fsp3) is 0.250. The quantitative estimate of drug-likeness (QED) is 0.569. The van der Waals surface area contributed by atoms with Gasteiger partial charge in [0, 0.05) is 5.56 Å². The zero-order valence-electron chi connectivity index (χ0n) is 6.47. The van der Waals surface area contributed by atoms with Gasteiger partial charge in [0.2, 0.25) is 0 Å². The maximum absolute atomic E-state index is 9.34. The lowest BCUT2D eigenvalue weighted by Gasteiger charge is -2.10. The number of phenolic OH excluding ortho intramolecular Hbond substituents is 1. The van der Waals surface area contributed by atoms with Gasteiger partial charge in [-0.3, -0.25) is 0 Å². The van der Waals surface area contributed by atoms with Gasteiger partial charge in [-0.2, -0.15) is 0 Å². The fourth-order valence-electron chi connectivity index (χ4n) is 0.950. The lowest BCUT2D eigenvalue weighted by molar-refractivity contribution is 0.0347. The molecule has 0 aromatic heterocycles. The average molecular weight is 169 g/mol. The topological polar surface area (TPSA) is 75.7 Å². The van der Waals surface area contributed by atoms with Gasteiger partial charge in [-0.25, -0.2) is 5.90 Å². The molecular formula is C8H11NO3. The van der Waals surface area contributed by atoms with E-state index in [1.807, 2.05) is 0 Å². The number of benzene rings is 1. The Kier molecular flexibility index (Phi) is 3.04. The van der Waals surface area contributed by atoms with E-state index in [-0.39, 0.29) is 12.4 Å². The molecule has 0 radical (unpaired) electrons. The first kappa shape index (κ1) is 8.99. The first-order chi connectivity index (χ1) is 5.75. The van der Waals surface area contributed by atoms with Crippen LogP contribution in [0.4, 0.5) is 0 Å². The molecule has 1 aromatic rings. The lowest BCUT2D eigenvalue weighted by Crippen LogP contribution is -2.10. The molecule has 1 aromatic carbocycles. The van der Waals surface area contributed by atoms with Crippen LogP contribution in [0.2, 0.25) is 0 Å². The summed E-state index contributed by atoms with van der Waals surface area (Å²) < 4.78 is 0. The Morgan fingerprint density at radius 1 is 1.42 bits per heavy atom. The van der Waals surface area contributed by atoms with Crippen molar-refractivity contribution in [1.29, 1.82) is 0 Å². The molecule has 0 saturated heterocycles. The molecule has 12 heavy (non-hydrogen) atoms. The van der Waals surface area contributed by atoms with E-state index in [4.69, 9.17) is 5.90 Å². The molecule has 0 bridgehead atoms. The summed E-state index contributed by atoms with van der Waals surface area (Å²) in [5.41, 5.74) is 0.419. The van der Waals surface area contributed by atoms with E-state index in [1.165, 1.54) is 6.07 Å². The second kappa shape index (κ2) is 4.06. The Morgan fingerprint density at radius 2 is 2.08 bits per heavy atom. The van der Waals surface area contributed by atoms with E-state index >= 15 is 0 Å². The van der Waals surface area contributed by atoms with Crippen LogP contribution in [0.25, 0.3) is 0 Å². The van der Waals surface area contributed by atoms with Crippen LogP contribution in [0.1, 0.15) is 11.7 Å². The van der Waals surface area contributed by atoms with E-state index in [0.717, 1.165) is 0 Å². The molecule has 0 amide bonds. The Hall–Kier alpha value is -1.10. The third-order valence-electron chi connectivity index (χ3n) is 1.55. The molecule has 1 atom stereocenters. The highest BCUT2D eigenvalue weighted by molar-refractivity contribution is 5.33. The number of phenols is 1. The van der Waals surface area contributed by atoms with Crippen LogP contribution < -0.4 is 5.90 Å². The second-order valence-electron chi connectivity index (χ2n) is 2.41. The number of rotatable bonds is 3. The van der Waals surface area contributed by atoms with Gasteiger partial charge < -0.3 is 15.1 Å². The molecule has 0 spiro atoms. The number of aliphatic hydroxyl groups is 1. The van der Waals surface area contributed by atoms with Gasteiger partial charge >= 0.3 is 0 Å². The van der Waals surface area contributed by atoms with Crippen molar-refractivity contribution in [3.05, 3.63) is 29.8 Å². The zero-order valence-corrected chi connectivity index (χ0v) is 6.47. The van der Waals surface area contributed by atoms with Gasteiger partial charge in [0.05, 0.1) is 6.61 Å². The summed E-state index contributed by atoms with van der Waals surface area (Å²) in [6.45, 7) is -0.0302. The summed E-state index contributed by atoms with van der Waals surface area (Å²) in [6.07, 6.45) is -0.879.